The molecule has 2 N–H and O–H groups in total. The van der Waals surface area contributed by atoms with Gasteiger partial charge in [-0.25, -0.2) is 9.97 Å². The quantitative estimate of drug-likeness (QED) is 0.239. The van der Waals surface area contributed by atoms with Gasteiger partial charge in [0.25, 0.3) is 5.56 Å². The summed E-state index contributed by atoms with van der Waals surface area (Å²) in [5.41, 5.74) is -1.76. The molecule has 0 saturated carbocycles. The highest BCUT2D eigenvalue weighted by molar-refractivity contribution is 5.88. The van der Waals surface area contributed by atoms with Gasteiger partial charge in [-0.05, 0) is 18.6 Å². The van der Waals surface area contributed by atoms with E-state index in [1.165, 1.54) is 43.1 Å². The molecule has 4 aromatic rings. The van der Waals surface area contributed by atoms with Crippen LogP contribution < -0.4 is 20.9 Å². The molecule has 0 spiro atoms. The summed E-state index contributed by atoms with van der Waals surface area (Å²) >= 11 is 0. The van der Waals surface area contributed by atoms with E-state index < -0.39 is 17.3 Å². The number of anilines is 3. The molecule has 0 aliphatic heterocycles. The van der Waals surface area contributed by atoms with Crippen LogP contribution in [-0.4, -0.2) is 43.2 Å². The first-order chi connectivity index (χ1) is 20.0. The van der Waals surface area contributed by atoms with E-state index in [1.54, 1.807) is 0 Å². The van der Waals surface area contributed by atoms with Gasteiger partial charge in [-0.2, -0.15) is 23.4 Å². The van der Waals surface area contributed by atoms with Crippen LogP contribution in [0.25, 0.3) is 11.2 Å². The maximum absolute atomic E-state index is 13.7. The lowest BCUT2D eigenvalue weighted by atomic mass is 10.2. The fourth-order valence-electron chi connectivity index (χ4n) is 3.98. The Balaban J connectivity index is 1.68. The van der Waals surface area contributed by atoms with Crippen LogP contribution >= 0.6 is 0 Å². The Kier molecular flexibility index (Phi) is 9.06. The lowest BCUT2D eigenvalue weighted by molar-refractivity contribution is -0.138. The van der Waals surface area contributed by atoms with E-state index in [1.807, 2.05) is 13.0 Å². The van der Waals surface area contributed by atoms with E-state index in [-0.39, 0.29) is 64.7 Å². The molecule has 0 fully saturated rings. The van der Waals surface area contributed by atoms with Crippen molar-refractivity contribution < 1.29 is 27.4 Å². The normalized spacial score (nSPS) is 11.4. The van der Waals surface area contributed by atoms with Gasteiger partial charge in [-0.3, -0.25) is 9.59 Å². The number of halogens is 3. The number of carbonyl (C=O) groups is 1. The largest absolute Gasteiger partial charge is 0.454 e. The Morgan fingerprint density at radius 3 is 2.69 bits per heavy atom. The van der Waals surface area contributed by atoms with E-state index in [9.17, 15) is 28.0 Å². The second-order valence-electron chi connectivity index (χ2n) is 9.17. The first-order valence-electron chi connectivity index (χ1n) is 12.8. The molecule has 0 radical (unpaired) electrons. The van der Waals surface area contributed by atoms with Gasteiger partial charge in [0.05, 0.1) is 18.4 Å². The number of nitriles is 1. The monoisotopic (exact) mass is 584 g/mol. The van der Waals surface area contributed by atoms with Crippen LogP contribution in [0, 0.1) is 11.3 Å². The van der Waals surface area contributed by atoms with Crippen LogP contribution in [0.2, 0.25) is 0 Å². The smallest absolute Gasteiger partial charge is 0.417 e. The topological polar surface area (TPSA) is 149 Å². The number of amides is 1. The number of pyridine rings is 3. The van der Waals surface area contributed by atoms with Crippen molar-refractivity contribution in [1.82, 2.24) is 24.1 Å². The molecule has 4 rings (SSSR count). The number of carbonyl (C=O) groups excluding carboxylic acids is 1. The van der Waals surface area contributed by atoms with Gasteiger partial charge in [0, 0.05) is 45.6 Å². The van der Waals surface area contributed by atoms with Gasteiger partial charge in [0.2, 0.25) is 11.9 Å². The number of unbranched alkanes of at least 4 members (excludes halogenated alkanes) is 1. The molecule has 0 atom stereocenters. The summed E-state index contributed by atoms with van der Waals surface area (Å²) in [4.78, 5) is 37.0. The number of hydrogen-bond acceptors (Lipinski definition) is 9. The predicted molar refractivity (Wildman–Crippen MR) is 147 cm³/mol. The number of ether oxygens (including phenoxy) is 2. The molecule has 4 heterocycles. The lowest BCUT2D eigenvalue weighted by Crippen LogP contribution is -2.27. The van der Waals surface area contributed by atoms with Crippen LogP contribution in [0.1, 0.15) is 37.8 Å². The fourth-order valence-corrected chi connectivity index (χ4v) is 3.98. The van der Waals surface area contributed by atoms with Gasteiger partial charge in [0.15, 0.2) is 11.4 Å². The minimum atomic E-state index is -4.71. The zero-order valence-corrected chi connectivity index (χ0v) is 22.9. The third-order valence-corrected chi connectivity index (χ3v) is 6.02. The highest BCUT2D eigenvalue weighted by Crippen LogP contribution is 2.33. The number of nitrogens with one attached hydrogen (secondary N) is 2. The summed E-state index contributed by atoms with van der Waals surface area (Å²) in [7, 11) is 1.51. The third kappa shape index (κ3) is 6.84. The molecular formula is C27H27F3N8O4. The Morgan fingerprint density at radius 1 is 1.21 bits per heavy atom. The van der Waals surface area contributed by atoms with Crippen LogP contribution in [0.3, 0.4) is 0 Å². The average molecular weight is 585 g/mol. The van der Waals surface area contributed by atoms with Gasteiger partial charge < -0.3 is 29.2 Å². The molecule has 1 amide bonds. The molecule has 220 valence electrons. The van der Waals surface area contributed by atoms with Gasteiger partial charge in [0.1, 0.15) is 34.4 Å². The van der Waals surface area contributed by atoms with E-state index in [4.69, 9.17) is 9.47 Å². The van der Waals surface area contributed by atoms with E-state index in [2.05, 4.69) is 25.6 Å². The van der Waals surface area contributed by atoms with Crippen molar-refractivity contribution >= 4 is 34.5 Å². The average Bonchev–Trinajstić information content (AvgIpc) is 3.24. The highest BCUT2D eigenvalue weighted by atomic mass is 19.4. The number of aryl methyl sites for hydroxylation is 1. The Labute approximate surface area is 237 Å². The second-order valence-corrected chi connectivity index (χ2v) is 9.17. The number of fused-ring (bicyclic) bond motifs is 1. The highest BCUT2D eigenvalue weighted by Gasteiger charge is 2.32. The minimum absolute atomic E-state index is 0.0230. The summed E-state index contributed by atoms with van der Waals surface area (Å²) in [5, 5.41) is 15.2. The van der Waals surface area contributed by atoms with Gasteiger partial charge in [-0.15, -0.1) is 0 Å². The summed E-state index contributed by atoms with van der Waals surface area (Å²) in [6.45, 7) is 3.73. The number of imidazole rings is 1. The molecule has 0 saturated heterocycles. The van der Waals surface area contributed by atoms with E-state index in [0.29, 0.717) is 12.7 Å². The predicted octanol–water partition coefficient (Wildman–Crippen LogP) is 4.73. The van der Waals surface area contributed by atoms with Crippen molar-refractivity contribution in [2.24, 2.45) is 7.05 Å². The second kappa shape index (κ2) is 12.7. The number of nitrogens with zero attached hydrogens (tertiary/aromatic N) is 6. The number of alkyl halides is 3. The molecule has 0 aromatic carbocycles. The van der Waals surface area contributed by atoms with Gasteiger partial charge >= 0.3 is 6.18 Å². The maximum Gasteiger partial charge on any atom is 0.417 e. The number of hydrogen-bond donors (Lipinski definition) is 2. The first kappa shape index (κ1) is 30.0. The van der Waals surface area contributed by atoms with E-state index >= 15 is 0 Å². The number of aromatic nitrogens is 5. The molecule has 4 aromatic heterocycles. The molecule has 0 unspecified atom stereocenters. The molecule has 0 bridgehead atoms. The lowest BCUT2D eigenvalue weighted by Gasteiger charge is -2.15. The van der Waals surface area contributed by atoms with Crippen molar-refractivity contribution in [2.45, 2.75) is 39.4 Å². The van der Waals surface area contributed by atoms with Crippen LogP contribution in [0.5, 0.6) is 11.5 Å². The van der Waals surface area contributed by atoms with Crippen molar-refractivity contribution in [1.29, 1.82) is 5.26 Å². The zero-order valence-electron chi connectivity index (χ0n) is 22.9. The zero-order chi connectivity index (χ0) is 30.4. The Bertz CT molecular complexity index is 1710. The van der Waals surface area contributed by atoms with Crippen LogP contribution in [-0.2, 0) is 29.3 Å². The summed E-state index contributed by atoms with van der Waals surface area (Å²) in [5.74, 6) is 0.200. The maximum atomic E-state index is 13.7. The standard InChI is InChI=1S/C27H27F3N8O4/c1-4-5-9-41-10-8-38-15-17(27(28,29)30)11-20(25(38)40)35-26-36-24-23(37(26)3)19(13-31)21(14-33-24)42-18-6-7-32-22(12-18)34-16(2)39/h6-7,11-12,14-15H,4-5,8-10H2,1-3H3,(H,32,34,39)(H,33,35,36). The van der Waals surface area contributed by atoms with E-state index in [0.717, 1.165) is 23.6 Å². The number of rotatable bonds is 11. The minimum Gasteiger partial charge on any atom is -0.454 e. The SMILES string of the molecule is CCCCOCCn1cc(C(F)(F)F)cc(Nc2nc3ncc(Oc4ccnc(NC(C)=O)c4)c(C#N)c3n2C)c1=O. The van der Waals surface area contributed by atoms with Crippen LogP contribution in [0.15, 0.2) is 41.6 Å². The fraction of sp³-hybridized carbons (Fsp3) is 0.333. The molecular weight excluding hydrogens is 557 g/mol. The Hall–Kier alpha value is -4.97. The summed E-state index contributed by atoms with van der Waals surface area (Å²) < 4.78 is 54.6. The molecule has 0 aliphatic carbocycles. The van der Waals surface area contributed by atoms with Gasteiger partial charge in [-0.1, -0.05) is 13.3 Å². The first-order valence-corrected chi connectivity index (χ1v) is 12.8. The molecule has 42 heavy (non-hydrogen) atoms. The van der Waals surface area contributed by atoms with Crippen molar-refractivity contribution in [3.63, 3.8) is 0 Å². The third-order valence-electron chi connectivity index (χ3n) is 6.02. The molecule has 15 heteroatoms. The van der Waals surface area contributed by atoms with Crippen molar-refractivity contribution in [2.75, 3.05) is 23.8 Å². The van der Waals surface area contributed by atoms with Crippen molar-refractivity contribution in [3.05, 3.63) is 58.3 Å². The summed E-state index contributed by atoms with van der Waals surface area (Å²) in [6, 6.07) is 5.72. The Morgan fingerprint density at radius 2 is 2.00 bits per heavy atom. The molecule has 12 nitrogen and oxygen atoms in total. The molecule has 0 aliphatic rings. The van der Waals surface area contributed by atoms with Crippen LogP contribution in [0.4, 0.5) is 30.6 Å². The summed E-state index contributed by atoms with van der Waals surface area (Å²) in [6.07, 6.45) is 0.407. The van der Waals surface area contributed by atoms with Crippen molar-refractivity contribution in [3.8, 4) is 17.6 Å².